The van der Waals surface area contributed by atoms with Crippen molar-refractivity contribution in [1.29, 1.82) is 0 Å². The highest BCUT2D eigenvalue weighted by atomic mass is 16.3. The summed E-state index contributed by atoms with van der Waals surface area (Å²) in [6.45, 7) is 0. The molecule has 0 aliphatic rings. The van der Waals surface area contributed by atoms with Gasteiger partial charge in [-0.15, -0.1) is 0 Å². The molecule has 0 aromatic heterocycles. The molecule has 0 aliphatic heterocycles. The minimum Gasteiger partial charge on any atom is -0.506 e. The van der Waals surface area contributed by atoms with Gasteiger partial charge < -0.3 is 5.11 Å². The molecule has 0 saturated heterocycles. The Labute approximate surface area is 87.2 Å². The molecular formula is C13H8O2. The second-order valence-electron chi connectivity index (χ2n) is 3.07. The van der Waals surface area contributed by atoms with Crippen molar-refractivity contribution in [3.05, 3.63) is 42.0 Å². The first-order valence-electron chi connectivity index (χ1n) is 4.49. The molecule has 1 N–H and O–H groups in total. The van der Waals surface area contributed by atoms with E-state index < -0.39 is 0 Å². The van der Waals surface area contributed by atoms with Crippen LogP contribution in [0, 0.1) is 11.8 Å². The Morgan fingerprint density at radius 2 is 1.93 bits per heavy atom. The predicted molar refractivity (Wildman–Crippen MR) is 58.6 cm³/mol. The van der Waals surface area contributed by atoms with Gasteiger partial charge in [-0.2, -0.15) is 0 Å². The van der Waals surface area contributed by atoms with E-state index in [2.05, 4.69) is 11.8 Å². The summed E-state index contributed by atoms with van der Waals surface area (Å²) in [6.07, 6.45) is 0.509. The minimum absolute atomic E-state index is 0.127. The average molecular weight is 196 g/mol. The Bertz CT molecular complexity index is 574. The maximum Gasteiger partial charge on any atom is 0.193 e. The van der Waals surface area contributed by atoms with Crippen LogP contribution in [0.5, 0.6) is 5.75 Å². The molecule has 0 heterocycles. The quantitative estimate of drug-likeness (QED) is 0.517. The number of phenolic OH excluding ortho intramolecular Hbond substituents is 1. The lowest BCUT2D eigenvalue weighted by Gasteiger charge is -2.02. The maximum absolute atomic E-state index is 10.1. The van der Waals surface area contributed by atoms with E-state index >= 15 is 0 Å². The molecule has 0 unspecified atom stereocenters. The van der Waals surface area contributed by atoms with Gasteiger partial charge in [0.05, 0.1) is 5.56 Å². The van der Waals surface area contributed by atoms with Gasteiger partial charge in [-0.25, -0.2) is 0 Å². The first-order chi connectivity index (χ1) is 7.33. The highest BCUT2D eigenvalue weighted by Crippen LogP contribution is 2.27. The normalized spacial score (nSPS) is 9.33. The summed E-state index contributed by atoms with van der Waals surface area (Å²) in [5, 5.41) is 11.6. The zero-order valence-corrected chi connectivity index (χ0v) is 7.90. The second kappa shape index (κ2) is 3.85. The summed E-state index contributed by atoms with van der Waals surface area (Å²) in [6, 6.07) is 11.0. The average Bonchev–Trinajstić information content (AvgIpc) is 2.29. The molecule has 0 fully saturated rings. The molecule has 0 radical (unpaired) electrons. The molecule has 0 aliphatic carbocycles. The van der Waals surface area contributed by atoms with Crippen molar-refractivity contribution in [2.45, 2.75) is 0 Å². The third-order valence-corrected chi connectivity index (χ3v) is 2.17. The van der Waals surface area contributed by atoms with Gasteiger partial charge in [-0.05, 0) is 17.4 Å². The lowest BCUT2D eigenvalue weighted by atomic mass is 10.1. The molecule has 0 amide bonds. The minimum atomic E-state index is 0.127. The number of carbonyl (C=O) groups excluding carboxylic acids is 1. The van der Waals surface area contributed by atoms with Gasteiger partial charge in [0.1, 0.15) is 5.75 Å². The zero-order valence-electron chi connectivity index (χ0n) is 7.90. The highest BCUT2D eigenvalue weighted by molar-refractivity contribution is 5.90. The fourth-order valence-corrected chi connectivity index (χ4v) is 1.46. The number of aromatic hydroxyl groups is 1. The van der Waals surface area contributed by atoms with Crippen molar-refractivity contribution in [3.8, 4) is 17.6 Å². The van der Waals surface area contributed by atoms with Gasteiger partial charge in [0.15, 0.2) is 6.29 Å². The van der Waals surface area contributed by atoms with Crippen LogP contribution in [0.3, 0.4) is 0 Å². The molecule has 72 valence electrons. The van der Waals surface area contributed by atoms with E-state index in [0.29, 0.717) is 11.8 Å². The molecule has 2 aromatic carbocycles. The molecule has 0 saturated carbocycles. The Morgan fingerprint density at radius 1 is 1.13 bits per heavy atom. The molecule has 15 heavy (non-hydrogen) atoms. The number of hydrogen-bond donors (Lipinski definition) is 1. The largest absolute Gasteiger partial charge is 0.506 e. The maximum atomic E-state index is 10.1. The van der Waals surface area contributed by atoms with Crippen molar-refractivity contribution in [3.63, 3.8) is 0 Å². The summed E-state index contributed by atoms with van der Waals surface area (Å²) >= 11 is 0. The van der Waals surface area contributed by atoms with E-state index in [1.165, 1.54) is 0 Å². The number of phenols is 1. The summed E-state index contributed by atoms with van der Waals surface area (Å²) in [4.78, 5) is 10.1. The van der Waals surface area contributed by atoms with E-state index in [1.54, 1.807) is 6.07 Å². The molecule has 2 rings (SSSR count). The first-order valence-corrected chi connectivity index (χ1v) is 4.49. The second-order valence-corrected chi connectivity index (χ2v) is 3.07. The number of hydrogen-bond acceptors (Lipinski definition) is 2. The first kappa shape index (κ1) is 9.29. The van der Waals surface area contributed by atoms with Crippen molar-refractivity contribution in [1.82, 2.24) is 0 Å². The lowest BCUT2D eigenvalue weighted by Crippen LogP contribution is -1.80. The van der Waals surface area contributed by atoms with Crippen LogP contribution in [-0.4, -0.2) is 11.4 Å². The van der Waals surface area contributed by atoms with E-state index in [9.17, 15) is 9.90 Å². The van der Waals surface area contributed by atoms with Gasteiger partial charge in [0.2, 0.25) is 0 Å². The number of aldehydes is 1. The van der Waals surface area contributed by atoms with Crippen molar-refractivity contribution in [2.24, 2.45) is 0 Å². The Hall–Kier alpha value is -2.27. The van der Waals surface area contributed by atoms with Crippen LogP contribution >= 0.6 is 0 Å². The predicted octanol–water partition coefficient (Wildman–Crippen LogP) is 2.10. The lowest BCUT2D eigenvalue weighted by molar-refractivity contribution is -0.103. The van der Waals surface area contributed by atoms with E-state index in [-0.39, 0.29) is 5.75 Å². The number of fused-ring (bicyclic) bond motifs is 1. The van der Waals surface area contributed by atoms with Crippen LogP contribution in [0.1, 0.15) is 5.56 Å². The number of benzene rings is 2. The molecule has 0 bridgehead atoms. The molecule has 2 nitrogen and oxygen atoms in total. The van der Waals surface area contributed by atoms with Crippen molar-refractivity contribution >= 4 is 17.1 Å². The Morgan fingerprint density at radius 3 is 2.73 bits per heavy atom. The van der Waals surface area contributed by atoms with Crippen LogP contribution in [0.25, 0.3) is 10.8 Å². The summed E-state index contributed by atoms with van der Waals surface area (Å²) in [7, 11) is 0. The smallest absolute Gasteiger partial charge is 0.193 e. The Kier molecular flexibility index (Phi) is 2.38. The molecule has 0 atom stereocenters. The van der Waals surface area contributed by atoms with Crippen LogP contribution in [0.15, 0.2) is 36.4 Å². The van der Waals surface area contributed by atoms with Crippen LogP contribution in [0.2, 0.25) is 0 Å². The number of carbonyl (C=O) groups is 1. The topological polar surface area (TPSA) is 37.3 Å². The van der Waals surface area contributed by atoms with E-state index in [4.69, 9.17) is 0 Å². The van der Waals surface area contributed by atoms with Gasteiger partial charge in [0.25, 0.3) is 0 Å². The van der Waals surface area contributed by atoms with Gasteiger partial charge in [0, 0.05) is 5.39 Å². The summed E-state index contributed by atoms with van der Waals surface area (Å²) in [5.74, 6) is 4.99. The summed E-state index contributed by atoms with van der Waals surface area (Å²) in [5.41, 5.74) is 0.473. The van der Waals surface area contributed by atoms with Gasteiger partial charge >= 0.3 is 0 Å². The highest BCUT2D eigenvalue weighted by Gasteiger charge is 2.02. The third kappa shape index (κ3) is 1.68. The fraction of sp³-hybridized carbons (Fsp3) is 0. The van der Waals surface area contributed by atoms with Crippen molar-refractivity contribution in [2.75, 3.05) is 0 Å². The van der Waals surface area contributed by atoms with Crippen molar-refractivity contribution < 1.29 is 9.90 Å². The van der Waals surface area contributed by atoms with E-state index in [0.717, 1.165) is 10.8 Å². The molecule has 2 heteroatoms. The summed E-state index contributed by atoms with van der Waals surface area (Å²) < 4.78 is 0. The van der Waals surface area contributed by atoms with E-state index in [1.807, 2.05) is 30.3 Å². The molecule has 0 spiro atoms. The van der Waals surface area contributed by atoms with Crippen LogP contribution < -0.4 is 0 Å². The molecule has 2 aromatic rings. The molecular weight excluding hydrogens is 188 g/mol. The number of rotatable bonds is 0. The Balaban J connectivity index is 2.70. The third-order valence-electron chi connectivity index (χ3n) is 2.17. The van der Waals surface area contributed by atoms with Crippen LogP contribution in [-0.2, 0) is 4.79 Å². The fourth-order valence-electron chi connectivity index (χ4n) is 1.46. The van der Waals surface area contributed by atoms with Gasteiger partial charge in [-0.1, -0.05) is 36.3 Å². The van der Waals surface area contributed by atoms with Gasteiger partial charge in [-0.3, -0.25) is 4.79 Å². The van der Waals surface area contributed by atoms with Crippen LogP contribution in [0.4, 0.5) is 0 Å². The SMILES string of the molecule is O=CC#Cc1ccc2ccccc2c1O. The zero-order chi connectivity index (χ0) is 10.7. The standard InChI is InChI=1S/C13H8O2/c14-9-3-5-11-8-7-10-4-1-2-6-12(10)13(11)15/h1-2,4,6-9,15H. The monoisotopic (exact) mass is 196 g/mol.